The molecule has 0 spiro atoms. The van der Waals surface area contributed by atoms with E-state index in [0.29, 0.717) is 16.8 Å². The molecule has 2 aromatic carbocycles. The molecule has 0 fully saturated rings. The molecular weight excluding hydrogens is 196 g/mol. The molecule has 3 rings (SSSR count). The fourth-order valence-electron chi connectivity index (χ4n) is 1.76. The highest BCUT2D eigenvalue weighted by atomic mass is 17.1. The van der Waals surface area contributed by atoms with Crippen molar-refractivity contribution in [3.63, 3.8) is 0 Å². The van der Waals surface area contributed by atoms with Crippen LogP contribution in [0.4, 0.5) is 11.4 Å². The molecule has 0 saturated carbocycles. The molecule has 5 nitrogen and oxygen atoms in total. The second kappa shape index (κ2) is 2.83. The molecule has 76 valence electrons. The molecule has 0 aliphatic carbocycles. The Balaban J connectivity index is 2.45. The molecule has 1 aliphatic heterocycles. The summed E-state index contributed by atoms with van der Waals surface area (Å²) < 4.78 is 0. The Morgan fingerprint density at radius 2 is 1.40 bits per heavy atom. The summed E-state index contributed by atoms with van der Waals surface area (Å²) in [5.74, 6) is 0. The van der Waals surface area contributed by atoms with Gasteiger partial charge in [0.25, 0.3) is 0 Å². The topological polar surface area (TPSA) is 61.8 Å². The molecule has 1 heterocycles. The van der Waals surface area contributed by atoms with E-state index in [2.05, 4.69) is 4.94 Å². The van der Waals surface area contributed by atoms with Crippen molar-refractivity contribution in [2.75, 3.05) is 10.5 Å². The van der Waals surface area contributed by atoms with Gasteiger partial charge in [0.1, 0.15) is 0 Å². The molecule has 1 aliphatic rings. The second-order valence-electron chi connectivity index (χ2n) is 3.25. The van der Waals surface area contributed by atoms with Gasteiger partial charge in [-0.15, -0.1) is 0 Å². The summed E-state index contributed by atoms with van der Waals surface area (Å²) >= 11 is 0. The maximum Gasteiger partial charge on any atom is 0.0635 e. The number of benzene rings is 2. The predicted octanol–water partition coefficient (Wildman–Crippen LogP) is 2.31. The van der Waals surface area contributed by atoms with E-state index in [-0.39, 0.29) is 10.5 Å². The summed E-state index contributed by atoms with van der Waals surface area (Å²) in [6.07, 6.45) is 0. The van der Waals surface area contributed by atoms with Crippen LogP contribution in [0.3, 0.4) is 0 Å². The lowest BCUT2D eigenvalue weighted by Crippen LogP contribution is -2.31. The zero-order valence-corrected chi connectivity index (χ0v) is 7.58. The quantitative estimate of drug-likeness (QED) is 0.655. The lowest BCUT2D eigenvalue weighted by molar-refractivity contribution is 0.128. The Hall–Kier alpha value is -1.82. The summed E-state index contributed by atoms with van der Waals surface area (Å²) in [5, 5.41) is 24.6. The molecule has 0 bridgehead atoms. The molecule has 15 heavy (non-hydrogen) atoms. The van der Waals surface area contributed by atoms with Crippen LogP contribution in [0.2, 0.25) is 0 Å². The van der Waals surface area contributed by atoms with Crippen molar-refractivity contribution in [1.82, 2.24) is 0 Å². The number of hydrogen-bond acceptors (Lipinski definition) is 5. The van der Waals surface area contributed by atoms with E-state index in [1.54, 1.807) is 24.3 Å². The summed E-state index contributed by atoms with van der Waals surface area (Å²) in [5.41, 5.74) is 0.713. The maximum absolute atomic E-state index is 11.3. The van der Waals surface area contributed by atoms with Crippen LogP contribution in [-0.2, 0) is 4.94 Å². The minimum atomic E-state index is 0.225. The van der Waals surface area contributed by atoms with E-state index in [0.717, 1.165) is 5.39 Å². The summed E-state index contributed by atoms with van der Waals surface area (Å²) in [4.78, 5) is 4.46. The lowest BCUT2D eigenvalue weighted by atomic mass is 10.1. The van der Waals surface area contributed by atoms with E-state index in [4.69, 9.17) is 0 Å². The minimum absolute atomic E-state index is 0.225. The van der Waals surface area contributed by atoms with E-state index >= 15 is 0 Å². The van der Waals surface area contributed by atoms with Crippen LogP contribution < -0.4 is 10.5 Å². The maximum atomic E-state index is 11.3. The third-order valence-electron chi connectivity index (χ3n) is 2.40. The number of rotatable bonds is 0. The van der Waals surface area contributed by atoms with E-state index < -0.39 is 0 Å². The van der Waals surface area contributed by atoms with Gasteiger partial charge in [0.15, 0.2) is 0 Å². The first-order valence-electron chi connectivity index (χ1n) is 4.42. The lowest BCUT2D eigenvalue weighted by Gasteiger charge is -2.43. The highest BCUT2D eigenvalue weighted by Crippen LogP contribution is 2.38. The first kappa shape index (κ1) is 8.49. The number of nitrogens with zero attached hydrogens (tertiary/aromatic N) is 2. The first-order valence-corrected chi connectivity index (χ1v) is 4.42. The second-order valence-corrected chi connectivity index (χ2v) is 3.25. The van der Waals surface area contributed by atoms with Crippen LogP contribution in [0.5, 0.6) is 0 Å². The van der Waals surface area contributed by atoms with Gasteiger partial charge >= 0.3 is 0 Å². The molecule has 0 unspecified atom stereocenters. The molecular formula is C10H6N2O3-2. The van der Waals surface area contributed by atoms with Crippen molar-refractivity contribution in [3.8, 4) is 0 Å². The number of anilines is 2. The van der Waals surface area contributed by atoms with Crippen molar-refractivity contribution in [2.24, 2.45) is 0 Å². The zero-order valence-electron chi connectivity index (χ0n) is 7.58. The van der Waals surface area contributed by atoms with E-state index in [9.17, 15) is 10.4 Å². The highest BCUT2D eigenvalue weighted by molar-refractivity contribution is 6.04. The van der Waals surface area contributed by atoms with Crippen molar-refractivity contribution >= 4 is 22.1 Å². The molecule has 0 amide bonds. The fourth-order valence-corrected chi connectivity index (χ4v) is 1.76. The molecule has 0 saturated heterocycles. The van der Waals surface area contributed by atoms with Gasteiger partial charge in [-0.3, -0.25) is 10.5 Å². The van der Waals surface area contributed by atoms with Gasteiger partial charge in [0, 0.05) is 5.39 Å². The molecule has 0 aromatic heterocycles. The van der Waals surface area contributed by atoms with Gasteiger partial charge in [-0.25, -0.2) is 0 Å². The van der Waals surface area contributed by atoms with Gasteiger partial charge in [-0.2, -0.15) is 4.94 Å². The van der Waals surface area contributed by atoms with Gasteiger partial charge in [0.2, 0.25) is 0 Å². The monoisotopic (exact) mass is 202 g/mol. The first-order chi connectivity index (χ1) is 7.27. The number of hydrogen-bond donors (Lipinski definition) is 0. The summed E-state index contributed by atoms with van der Waals surface area (Å²) in [7, 11) is 0. The van der Waals surface area contributed by atoms with Crippen LogP contribution in [0.15, 0.2) is 36.4 Å². The Morgan fingerprint density at radius 1 is 0.867 bits per heavy atom. The van der Waals surface area contributed by atoms with Gasteiger partial charge in [-0.1, -0.05) is 24.3 Å². The summed E-state index contributed by atoms with van der Waals surface area (Å²) in [6.45, 7) is 0. The van der Waals surface area contributed by atoms with Crippen molar-refractivity contribution < 1.29 is 4.94 Å². The summed E-state index contributed by atoms with van der Waals surface area (Å²) in [6, 6.07) is 10.4. The van der Waals surface area contributed by atoms with E-state index in [1.165, 1.54) is 0 Å². The fraction of sp³-hybridized carbons (Fsp3) is 0. The Bertz CT molecular complexity index is 486. The van der Waals surface area contributed by atoms with Gasteiger partial charge in [-0.05, 0) is 17.5 Å². The van der Waals surface area contributed by atoms with Crippen LogP contribution in [0.1, 0.15) is 0 Å². The average Bonchev–Trinajstić information content (AvgIpc) is 2.25. The van der Waals surface area contributed by atoms with Crippen molar-refractivity contribution in [2.45, 2.75) is 0 Å². The Kier molecular flexibility index (Phi) is 1.60. The average molecular weight is 202 g/mol. The molecule has 5 heteroatoms. The van der Waals surface area contributed by atoms with Crippen LogP contribution in [0, 0.1) is 10.4 Å². The third-order valence-corrected chi connectivity index (χ3v) is 2.40. The SMILES string of the molecule is [O-]N1ON([O-])c2cccc3cccc1c23. The van der Waals surface area contributed by atoms with Crippen LogP contribution in [-0.4, -0.2) is 0 Å². The molecule has 0 radical (unpaired) electrons. The molecule has 0 N–H and O–H groups in total. The Morgan fingerprint density at radius 3 is 1.93 bits per heavy atom. The van der Waals surface area contributed by atoms with Gasteiger partial charge < -0.3 is 10.4 Å². The normalized spacial score (nSPS) is 14.8. The van der Waals surface area contributed by atoms with Crippen molar-refractivity contribution in [1.29, 1.82) is 0 Å². The highest BCUT2D eigenvalue weighted by Gasteiger charge is 2.15. The van der Waals surface area contributed by atoms with Crippen LogP contribution in [0.25, 0.3) is 10.8 Å². The van der Waals surface area contributed by atoms with E-state index in [1.807, 2.05) is 12.1 Å². The largest absolute Gasteiger partial charge is 0.731 e. The van der Waals surface area contributed by atoms with Gasteiger partial charge in [0.05, 0.1) is 11.4 Å². The smallest absolute Gasteiger partial charge is 0.0635 e. The predicted molar refractivity (Wildman–Crippen MR) is 56.7 cm³/mol. The van der Waals surface area contributed by atoms with Crippen molar-refractivity contribution in [3.05, 3.63) is 46.8 Å². The standard InChI is InChI=1S/C10H6N2O3/c13-11-8-5-1-3-7-4-2-6-9(10(7)8)12(14)15-11/h1-6H/q-2. The Labute approximate surface area is 85.1 Å². The minimum Gasteiger partial charge on any atom is -0.731 e. The zero-order chi connectivity index (χ0) is 10.4. The molecule has 0 atom stereocenters. The van der Waals surface area contributed by atoms with Crippen LogP contribution >= 0.6 is 0 Å². The third kappa shape index (κ3) is 1.08. The molecule has 2 aromatic rings.